The number of carbonyl (C=O) groups excluding carboxylic acids is 2. The quantitative estimate of drug-likeness (QED) is 0.834. The lowest BCUT2D eigenvalue weighted by atomic mass is 9.97. The van der Waals surface area contributed by atoms with Crippen LogP contribution in [0, 0.1) is 11.7 Å². The Hall–Kier alpha value is -2.48. The van der Waals surface area contributed by atoms with Crippen LogP contribution in [-0.2, 0) is 4.79 Å². The molecule has 1 aromatic carbocycles. The molecule has 28 heavy (non-hydrogen) atoms. The molecule has 2 aromatic rings. The fourth-order valence-corrected chi connectivity index (χ4v) is 5.41. The Bertz CT molecular complexity index is 913. The summed E-state index contributed by atoms with van der Waals surface area (Å²) in [6.07, 6.45) is 2.63. The van der Waals surface area contributed by atoms with Crippen LogP contribution in [0.15, 0.2) is 24.3 Å². The maximum atomic E-state index is 13.5. The Labute approximate surface area is 167 Å². The third-order valence-corrected chi connectivity index (χ3v) is 7.06. The highest BCUT2D eigenvalue weighted by Crippen LogP contribution is 2.44. The number of likely N-dealkylation sites (tertiary alicyclic amines) is 1. The van der Waals surface area contributed by atoms with Gasteiger partial charge in [-0.1, -0.05) is 23.5 Å². The van der Waals surface area contributed by atoms with Gasteiger partial charge in [0, 0.05) is 19.6 Å². The standard InChI is InChI=1S/C20H23FN4O2S/c1-3-24(2)20-23-15(17(28-20)11-4-7-13(21)8-5-11)19(27)25-14-9-6-12(10-14)16(25)18(22)26/h4-5,7-8,12,14,16H,3,6,9-10H2,1-2H3,(H2,22,26)/t12-,14+,16-/m1/s1. The molecule has 2 aliphatic rings. The Morgan fingerprint density at radius 3 is 2.68 bits per heavy atom. The number of rotatable bonds is 5. The van der Waals surface area contributed by atoms with Crippen LogP contribution in [0.1, 0.15) is 36.7 Å². The first-order chi connectivity index (χ1) is 13.4. The van der Waals surface area contributed by atoms with Gasteiger partial charge in [-0.15, -0.1) is 0 Å². The molecule has 2 amide bonds. The number of fused-ring (bicyclic) bond motifs is 2. The molecule has 4 rings (SSSR count). The molecule has 3 atom stereocenters. The van der Waals surface area contributed by atoms with Gasteiger partial charge in [-0.2, -0.15) is 0 Å². The Morgan fingerprint density at radius 2 is 2.04 bits per heavy atom. The van der Waals surface area contributed by atoms with Crippen molar-refractivity contribution in [2.45, 2.75) is 38.3 Å². The van der Waals surface area contributed by atoms with Gasteiger partial charge in [0.2, 0.25) is 5.91 Å². The number of nitrogens with zero attached hydrogens (tertiary/aromatic N) is 3. The maximum Gasteiger partial charge on any atom is 0.275 e. The van der Waals surface area contributed by atoms with Crippen LogP contribution < -0.4 is 10.6 Å². The van der Waals surface area contributed by atoms with Crippen molar-refractivity contribution in [3.63, 3.8) is 0 Å². The molecule has 1 aromatic heterocycles. The molecule has 6 nitrogen and oxygen atoms in total. The van der Waals surface area contributed by atoms with E-state index in [9.17, 15) is 14.0 Å². The molecule has 0 unspecified atom stereocenters. The molecular weight excluding hydrogens is 379 g/mol. The molecule has 0 radical (unpaired) electrons. The zero-order valence-corrected chi connectivity index (χ0v) is 16.7. The zero-order valence-electron chi connectivity index (χ0n) is 15.9. The Kier molecular flexibility index (Phi) is 4.82. The average molecular weight is 402 g/mol. The van der Waals surface area contributed by atoms with Gasteiger partial charge in [0.15, 0.2) is 5.13 Å². The largest absolute Gasteiger partial charge is 0.368 e. The summed E-state index contributed by atoms with van der Waals surface area (Å²) in [6, 6.07) is 5.51. The predicted molar refractivity (Wildman–Crippen MR) is 107 cm³/mol. The molecule has 148 valence electrons. The van der Waals surface area contributed by atoms with Gasteiger partial charge < -0.3 is 15.5 Å². The van der Waals surface area contributed by atoms with Crippen LogP contribution in [0.4, 0.5) is 9.52 Å². The van der Waals surface area contributed by atoms with Crippen LogP contribution in [0.25, 0.3) is 10.4 Å². The van der Waals surface area contributed by atoms with Crippen molar-refractivity contribution in [3.8, 4) is 10.4 Å². The first-order valence-electron chi connectivity index (χ1n) is 9.50. The van der Waals surface area contributed by atoms with E-state index in [1.807, 2.05) is 18.9 Å². The monoisotopic (exact) mass is 402 g/mol. The van der Waals surface area contributed by atoms with Crippen LogP contribution in [0.5, 0.6) is 0 Å². The van der Waals surface area contributed by atoms with Crippen LogP contribution in [-0.4, -0.2) is 47.4 Å². The van der Waals surface area contributed by atoms with Gasteiger partial charge in [0.25, 0.3) is 5.91 Å². The number of nitrogens with two attached hydrogens (primary N) is 1. The van der Waals surface area contributed by atoms with Gasteiger partial charge in [-0.25, -0.2) is 9.37 Å². The van der Waals surface area contributed by atoms with Crippen molar-refractivity contribution >= 4 is 28.3 Å². The Morgan fingerprint density at radius 1 is 1.32 bits per heavy atom. The van der Waals surface area contributed by atoms with E-state index in [0.717, 1.165) is 31.4 Å². The second-order valence-electron chi connectivity index (χ2n) is 7.48. The summed E-state index contributed by atoms with van der Waals surface area (Å²) < 4.78 is 13.4. The third-order valence-electron chi connectivity index (χ3n) is 5.84. The van der Waals surface area contributed by atoms with E-state index in [2.05, 4.69) is 4.98 Å². The van der Waals surface area contributed by atoms with Crippen molar-refractivity contribution < 1.29 is 14.0 Å². The van der Waals surface area contributed by atoms with E-state index < -0.39 is 11.9 Å². The SMILES string of the molecule is CCN(C)c1nc(C(=O)N2[C@H]3CC[C@H](C3)[C@@H]2C(N)=O)c(-c2ccc(F)cc2)s1. The molecule has 0 spiro atoms. The molecular formula is C20H23FN4O2S. The number of primary amides is 1. The summed E-state index contributed by atoms with van der Waals surface area (Å²) in [4.78, 5) is 34.5. The fourth-order valence-electron chi connectivity index (χ4n) is 4.32. The number of thiazole rings is 1. The first kappa shape index (κ1) is 18.9. The zero-order chi connectivity index (χ0) is 20.0. The summed E-state index contributed by atoms with van der Waals surface area (Å²) in [7, 11) is 1.91. The molecule has 2 N–H and O–H groups in total. The molecule has 2 bridgehead atoms. The summed E-state index contributed by atoms with van der Waals surface area (Å²) in [5.41, 5.74) is 6.68. The molecule has 8 heteroatoms. The van der Waals surface area contributed by atoms with E-state index >= 15 is 0 Å². The van der Waals surface area contributed by atoms with Crippen molar-refractivity contribution in [2.24, 2.45) is 11.7 Å². The van der Waals surface area contributed by atoms with Gasteiger partial charge >= 0.3 is 0 Å². The highest BCUT2D eigenvalue weighted by molar-refractivity contribution is 7.19. The van der Waals surface area contributed by atoms with Crippen LogP contribution in [0.2, 0.25) is 0 Å². The van der Waals surface area contributed by atoms with E-state index in [1.165, 1.54) is 23.5 Å². The lowest BCUT2D eigenvalue weighted by Gasteiger charge is -2.33. The highest BCUT2D eigenvalue weighted by atomic mass is 32.1. The normalized spacial score (nSPS) is 23.2. The van der Waals surface area contributed by atoms with Crippen molar-refractivity contribution in [3.05, 3.63) is 35.8 Å². The number of halogens is 1. The van der Waals surface area contributed by atoms with Crippen LogP contribution in [0.3, 0.4) is 0 Å². The van der Waals surface area contributed by atoms with Crippen molar-refractivity contribution in [1.82, 2.24) is 9.88 Å². The lowest BCUT2D eigenvalue weighted by molar-refractivity contribution is -0.123. The van der Waals surface area contributed by atoms with E-state index in [4.69, 9.17) is 5.73 Å². The Balaban J connectivity index is 1.77. The molecule has 1 aliphatic heterocycles. The number of benzene rings is 1. The minimum Gasteiger partial charge on any atom is -0.368 e. The molecule has 2 heterocycles. The van der Waals surface area contributed by atoms with Crippen molar-refractivity contribution in [2.75, 3.05) is 18.5 Å². The van der Waals surface area contributed by atoms with E-state index in [1.54, 1.807) is 17.0 Å². The summed E-state index contributed by atoms with van der Waals surface area (Å²) in [5.74, 6) is -0.915. The number of amides is 2. The summed E-state index contributed by atoms with van der Waals surface area (Å²) >= 11 is 1.40. The minimum absolute atomic E-state index is 0.0325. The van der Waals surface area contributed by atoms with Gasteiger partial charge in [-0.3, -0.25) is 9.59 Å². The first-order valence-corrected chi connectivity index (χ1v) is 10.3. The molecule has 1 saturated carbocycles. The second kappa shape index (κ2) is 7.16. The van der Waals surface area contributed by atoms with E-state index in [-0.39, 0.29) is 23.7 Å². The number of aromatic nitrogens is 1. The molecule has 2 fully saturated rings. The summed E-state index contributed by atoms with van der Waals surface area (Å²) in [5, 5.41) is 0.713. The topological polar surface area (TPSA) is 79.5 Å². The van der Waals surface area contributed by atoms with E-state index in [0.29, 0.717) is 15.7 Å². The predicted octanol–water partition coefficient (Wildman–Crippen LogP) is 2.88. The minimum atomic E-state index is -0.568. The number of anilines is 1. The number of carbonyl (C=O) groups is 2. The van der Waals surface area contributed by atoms with Crippen LogP contribution >= 0.6 is 11.3 Å². The third kappa shape index (κ3) is 3.05. The summed E-state index contributed by atoms with van der Waals surface area (Å²) in [6.45, 7) is 2.74. The molecule has 1 saturated heterocycles. The lowest BCUT2D eigenvalue weighted by Crippen LogP contribution is -2.51. The van der Waals surface area contributed by atoms with Gasteiger partial charge in [-0.05, 0) is 49.8 Å². The van der Waals surface area contributed by atoms with Crippen molar-refractivity contribution in [1.29, 1.82) is 0 Å². The smallest absolute Gasteiger partial charge is 0.275 e. The molecule has 1 aliphatic carbocycles. The average Bonchev–Trinajstić information content (AvgIpc) is 3.41. The number of hydrogen-bond acceptors (Lipinski definition) is 5. The van der Waals surface area contributed by atoms with Gasteiger partial charge in [0.1, 0.15) is 17.6 Å². The second-order valence-corrected chi connectivity index (χ2v) is 8.46. The van der Waals surface area contributed by atoms with Gasteiger partial charge in [0.05, 0.1) is 4.88 Å². The number of hydrogen-bond donors (Lipinski definition) is 1. The maximum absolute atomic E-state index is 13.5. The highest BCUT2D eigenvalue weighted by Gasteiger charge is 2.51. The fraction of sp³-hybridized carbons (Fsp3) is 0.450. The number of piperidine rings is 1.